The minimum atomic E-state index is -0.293. The largest absolute Gasteiger partial charge is 0.512 e. The van der Waals surface area contributed by atoms with Crippen LogP contribution in [0.25, 0.3) is 27.9 Å². The number of hydrogen-bond donors (Lipinski definition) is 1. The van der Waals surface area contributed by atoms with Crippen LogP contribution in [0.4, 0.5) is 0 Å². The summed E-state index contributed by atoms with van der Waals surface area (Å²) in [6, 6.07) is 8.67. The monoisotopic (exact) mass is 282 g/mol. The SMILES string of the molecule is CC(=O)Cc1cc2cccc3c2-c(cc(=O)c3=C(C)O)o1. The van der Waals surface area contributed by atoms with E-state index in [9.17, 15) is 14.7 Å². The van der Waals surface area contributed by atoms with Gasteiger partial charge in [-0.2, -0.15) is 0 Å². The Morgan fingerprint density at radius 1 is 1.24 bits per heavy atom. The molecule has 0 unspecified atom stereocenters. The molecule has 3 rings (SSSR count). The molecular formula is C17H14O4. The number of carbonyl (C=O) groups is 1. The van der Waals surface area contributed by atoms with Crippen LogP contribution in [0, 0.1) is 0 Å². The molecule has 1 heterocycles. The number of Topliss-reactive ketones (excluding diaryl/α,β-unsaturated/α-hetero) is 1. The van der Waals surface area contributed by atoms with Crippen molar-refractivity contribution in [2.24, 2.45) is 0 Å². The Morgan fingerprint density at radius 2 is 2.00 bits per heavy atom. The molecule has 0 atom stereocenters. The third-order valence-electron chi connectivity index (χ3n) is 3.46. The van der Waals surface area contributed by atoms with E-state index >= 15 is 0 Å². The van der Waals surface area contributed by atoms with E-state index in [1.54, 1.807) is 12.1 Å². The van der Waals surface area contributed by atoms with Crippen LogP contribution in [0.15, 0.2) is 39.5 Å². The maximum Gasteiger partial charge on any atom is 0.193 e. The fourth-order valence-corrected chi connectivity index (χ4v) is 2.70. The van der Waals surface area contributed by atoms with E-state index in [0.29, 0.717) is 22.1 Å². The lowest BCUT2D eigenvalue weighted by molar-refractivity contribution is -0.116. The first-order valence-electron chi connectivity index (χ1n) is 6.65. The van der Waals surface area contributed by atoms with Gasteiger partial charge in [0.15, 0.2) is 5.43 Å². The molecule has 0 fully saturated rings. The van der Waals surface area contributed by atoms with Crippen LogP contribution in [0.3, 0.4) is 0 Å². The van der Waals surface area contributed by atoms with E-state index in [4.69, 9.17) is 4.42 Å². The zero-order valence-corrected chi connectivity index (χ0v) is 11.8. The van der Waals surface area contributed by atoms with Crippen LogP contribution in [0.1, 0.15) is 19.6 Å². The van der Waals surface area contributed by atoms with Gasteiger partial charge in [0.2, 0.25) is 0 Å². The molecule has 1 aromatic carbocycles. The highest BCUT2D eigenvalue weighted by atomic mass is 16.3. The fraction of sp³-hybridized carbons (Fsp3) is 0.176. The van der Waals surface area contributed by atoms with E-state index in [-0.39, 0.29) is 23.4 Å². The third kappa shape index (κ3) is 2.18. The van der Waals surface area contributed by atoms with Crippen LogP contribution in [-0.2, 0) is 11.2 Å². The van der Waals surface area contributed by atoms with Crippen molar-refractivity contribution in [2.45, 2.75) is 20.3 Å². The van der Waals surface area contributed by atoms with E-state index in [2.05, 4.69) is 0 Å². The van der Waals surface area contributed by atoms with Crippen molar-refractivity contribution in [3.05, 3.63) is 51.5 Å². The van der Waals surface area contributed by atoms with Crippen molar-refractivity contribution < 1.29 is 14.3 Å². The Bertz CT molecular complexity index is 929. The van der Waals surface area contributed by atoms with Gasteiger partial charge in [-0.1, -0.05) is 18.2 Å². The Kier molecular flexibility index (Phi) is 3.01. The molecule has 4 nitrogen and oxygen atoms in total. The highest BCUT2D eigenvalue weighted by Gasteiger charge is 2.17. The highest BCUT2D eigenvalue weighted by Crippen LogP contribution is 2.31. The molecule has 0 bridgehead atoms. The van der Waals surface area contributed by atoms with Crippen LogP contribution < -0.4 is 10.6 Å². The number of aliphatic hydroxyl groups is 1. The summed E-state index contributed by atoms with van der Waals surface area (Å²) in [6.07, 6.45) is 0.191. The summed E-state index contributed by atoms with van der Waals surface area (Å²) >= 11 is 0. The summed E-state index contributed by atoms with van der Waals surface area (Å²) in [5.41, 5.74) is 0.492. The van der Waals surface area contributed by atoms with Gasteiger partial charge in [0.25, 0.3) is 0 Å². The number of aliphatic hydroxyl groups excluding tert-OH is 1. The summed E-state index contributed by atoms with van der Waals surface area (Å²) in [6.45, 7) is 2.98. The number of carbonyl (C=O) groups excluding carboxylic acids is 1. The second-order valence-corrected chi connectivity index (χ2v) is 5.19. The van der Waals surface area contributed by atoms with E-state index < -0.39 is 0 Å². The molecule has 4 heteroatoms. The van der Waals surface area contributed by atoms with Gasteiger partial charge in [-0.3, -0.25) is 9.59 Å². The highest BCUT2D eigenvalue weighted by molar-refractivity contribution is 5.96. The maximum atomic E-state index is 12.2. The van der Waals surface area contributed by atoms with Crippen LogP contribution in [0.2, 0.25) is 0 Å². The molecule has 0 spiro atoms. The molecule has 0 amide bonds. The average molecular weight is 282 g/mol. The van der Waals surface area contributed by atoms with Crippen molar-refractivity contribution in [1.82, 2.24) is 0 Å². The first-order chi connectivity index (χ1) is 9.97. The smallest absolute Gasteiger partial charge is 0.193 e. The standard InChI is InChI=1S/C17H14O4/c1-9(18)6-12-7-11-4-3-5-13-16(10(2)19)14(20)8-15(21-12)17(11)13/h3-5,7-8,19H,6H2,1-2H3. The van der Waals surface area contributed by atoms with E-state index in [1.807, 2.05) is 12.1 Å². The summed E-state index contributed by atoms with van der Waals surface area (Å²) in [5, 5.41) is 11.6. The van der Waals surface area contributed by atoms with Gasteiger partial charge in [-0.05, 0) is 25.3 Å². The molecule has 21 heavy (non-hydrogen) atoms. The van der Waals surface area contributed by atoms with Gasteiger partial charge in [-0.15, -0.1) is 0 Å². The number of rotatable bonds is 2. The molecule has 1 aliphatic heterocycles. The maximum absolute atomic E-state index is 12.2. The first-order valence-corrected chi connectivity index (χ1v) is 6.65. The summed E-state index contributed by atoms with van der Waals surface area (Å²) in [4.78, 5) is 23.4. The topological polar surface area (TPSA) is 67.5 Å². The molecule has 2 aliphatic rings. The molecule has 1 aromatic rings. The second-order valence-electron chi connectivity index (χ2n) is 5.19. The molecular weight excluding hydrogens is 268 g/mol. The third-order valence-corrected chi connectivity index (χ3v) is 3.46. The molecule has 0 saturated heterocycles. The predicted molar refractivity (Wildman–Crippen MR) is 80.4 cm³/mol. The summed E-state index contributed by atoms with van der Waals surface area (Å²) in [5.74, 6) is 0.950. The van der Waals surface area contributed by atoms with Crippen molar-refractivity contribution in [3.63, 3.8) is 0 Å². The van der Waals surface area contributed by atoms with Gasteiger partial charge < -0.3 is 9.52 Å². The molecule has 1 N–H and O–H groups in total. The summed E-state index contributed by atoms with van der Waals surface area (Å²) < 4.78 is 5.68. The van der Waals surface area contributed by atoms with Gasteiger partial charge in [0.1, 0.15) is 23.1 Å². The molecule has 0 radical (unpaired) electrons. The normalized spacial score (nSPS) is 12.9. The quantitative estimate of drug-likeness (QED) is 0.784. The van der Waals surface area contributed by atoms with Crippen molar-refractivity contribution in [3.8, 4) is 11.3 Å². The Labute approximate surface area is 120 Å². The Morgan fingerprint density at radius 3 is 2.67 bits per heavy atom. The zero-order chi connectivity index (χ0) is 15.1. The van der Waals surface area contributed by atoms with Gasteiger partial charge in [-0.25, -0.2) is 0 Å². The van der Waals surface area contributed by atoms with Crippen LogP contribution >= 0.6 is 0 Å². The lowest BCUT2D eigenvalue weighted by atomic mass is 9.96. The Hall–Kier alpha value is -2.62. The average Bonchev–Trinajstić information content (AvgIpc) is 2.36. The predicted octanol–water partition coefficient (Wildman–Crippen LogP) is 2.43. The second kappa shape index (κ2) is 4.74. The van der Waals surface area contributed by atoms with Crippen LogP contribution in [0.5, 0.6) is 0 Å². The van der Waals surface area contributed by atoms with E-state index in [0.717, 1.165) is 10.9 Å². The molecule has 1 aliphatic carbocycles. The molecule has 0 aromatic heterocycles. The van der Waals surface area contributed by atoms with Gasteiger partial charge >= 0.3 is 0 Å². The van der Waals surface area contributed by atoms with Crippen molar-refractivity contribution in [1.29, 1.82) is 0 Å². The van der Waals surface area contributed by atoms with Gasteiger partial charge in [0.05, 0.1) is 11.6 Å². The van der Waals surface area contributed by atoms with Crippen molar-refractivity contribution >= 4 is 22.3 Å². The minimum Gasteiger partial charge on any atom is -0.512 e. The molecule has 106 valence electrons. The fourth-order valence-electron chi connectivity index (χ4n) is 2.70. The van der Waals surface area contributed by atoms with E-state index in [1.165, 1.54) is 19.9 Å². The minimum absolute atomic E-state index is 0.00428. The van der Waals surface area contributed by atoms with Crippen LogP contribution in [-0.4, -0.2) is 10.9 Å². The van der Waals surface area contributed by atoms with Crippen molar-refractivity contribution in [2.75, 3.05) is 0 Å². The molecule has 0 saturated carbocycles. The summed E-state index contributed by atoms with van der Waals surface area (Å²) in [7, 11) is 0. The lowest BCUT2D eigenvalue weighted by Gasteiger charge is -2.13. The lowest BCUT2D eigenvalue weighted by Crippen LogP contribution is -2.27. The van der Waals surface area contributed by atoms with Gasteiger partial charge in [0, 0.05) is 17.0 Å². The number of ketones is 1. The Balaban J connectivity index is 2.49. The number of benzene rings is 2. The first kappa shape index (κ1) is 13.4. The zero-order valence-electron chi connectivity index (χ0n) is 11.8. The number of hydrogen-bond acceptors (Lipinski definition) is 4.